The molecule has 9 heteroatoms. The number of nitrogens with zero attached hydrogens (tertiary/aromatic N) is 3. The van der Waals surface area contributed by atoms with Crippen LogP contribution in [0.25, 0.3) is 10.9 Å². The Bertz CT molecular complexity index is 1570. The molecule has 198 valence electrons. The Morgan fingerprint density at radius 1 is 1.10 bits per heavy atom. The number of fused-ring (bicyclic) bond motifs is 2. The van der Waals surface area contributed by atoms with E-state index in [0.29, 0.717) is 40.7 Å². The Hall–Kier alpha value is -4.63. The van der Waals surface area contributed by atoms with Gasteiger partial charge in [0.2, 0.25) is 0 Å². The van der Waals surface area contributed by atoms with E-state index in [4.69, 9.17) is 9.72 Å². The number of nitro benzene ring substituents is 1. The second-order valence-corrected chi connectivity index (χ2v) is 9.67. The summed E-state index contributed by atoms with van der Waals surface area (Å²) in [6.07, 6.45) is -0.446. The molecule has 0 saturated carbocycles. The van der Waals surface area contributed by atoms with Crippen molar-refractivity contribution in [1.82, 2.24) is 9.88 Å². The summed E-state index contributed by atoms with van der Waals surface area (Å²) in [6.45, 7) is 5.29. The average molecular weight is 525 g/mol. The van der Waals surface area contributed by atoms with Crippen LogP contribution in [0, 0.1) is 17.0 Å². The number of ether oxygens (including phenoxy) is 1. The predicted molar refractivity (Wildman–Crippen MR) is 147 cm³/mol. The summed E-state index contributed by atoms with van der Waals surface area (Å²) in [5.41, 5.74) is 4.76. The van der Waals surface area contributed by atoms with Gasteiger partial charge in [0, 0.05) is 54.8 Å². The Balaban J connectivity index is 1.40. The number of benzene rings is 3. The van der Waals surface area contributed by atoms with Gasteiger partial charge in [-0.3, -0.25) is 24.8 Å². The lowest BCUT2D eigenvalue weighted by Crippen LogP contribution is -2.34. The molecule has 1 amide bonds. The maximum absolute atomic E-state index is 13.6. The third-order valence-corrected chi connectivity index (χ3v) is 6.92. The zero-order valence-electron chi connectivity index (χ0n) is 21.7. The molecule has 3 aromatic carbocycles. The van der Waals surface area contributed by atoms with E-state index in [9.17, 15) is 19.7 Å². The highest BCUT2D eigenvalue weighted by Crippen LogP contribution is 2.30. The predicted octanol–water partition coefficient (Wildman–Crippen LogP) is 5.19. The Labute approximate surface area is 225 Å². The summed E-state index contributed by atoms with van der Waals surface area (Å²) < 4.78 is 5.68. The number of aromatic nitrogens is 1. The van der Waals surface area contributed by atoms with E-state index < -0.39 is 22.9 Å². The summed E-state index contributed by atoms with van der Waals surface area (Å²) in [4.78, 5) is 44.3. The number of anilines is 1. The van der Waals surface area contributed by atoms with E-state index >= 15 is 0 Å². The first-order valence-electron chi connectivity index (χ1n) is 12.7. The molecule has 1 unspecified atom stereocenters. The van der Waals surface area contributed by atoms with Crippen molar-refractivity contribution in [2.45, 2.75) is 39.5 Å². The quantitative estimate of drug-likeness (QED) is 0.201. The highest BCUT2D eigenvalue weighted by Gasteiger charge is 2.29. The lowest BCUT2D eigenvalue weighted by Gasteiger charge is -2.30. The maximum atomic E-state index is 13.6. The maximum Gasteiger partial charge on any atom is 0.339 e. The molecule has 9 nitrogen and oxygen atoms in total. The molecule has 5 rings (SSSR count). The van der Waals surface area contributed by atoms with Crippen LogP contribution < -0.4 is 5.32 Å². The number of pyridine rings is 1. The van der Waals surface area contributed by atoms with Crippen molar-refractivity contribution in [3.05, 3.63) is 111 Å². The molecule has 0 radical (unpaired) electrons. The summed E-state index contributed by atoms with van der Waals surface area (Å²) in [7, 11) is 0. The average Bonchev–Trinajstić information content (AvgIpc) is 2.93. The van der Waals surface area contributed by atoms with Gasteiger partial charge in [0.15, 0.2) is 6.10 Å². The Morgan fingerprint density at radius 2 is 1.85 bits per heavy atom. The zero-order valence-corrected chi connectivity index (χ0v) is 21.7. The largest absolute Gasteiger partial charge is 0.449 e. The second-order valence-electron chi connectivity index (χ2n) is 9.67. The van der Waals surface area contributed by atoms with Crippen LogP contribution in [0.5, 0.6) is 0 Å². The number of esters is 1. The minimum atomic E-state index is -1.14. The van der Waals surface area contributed by atoms with E-state index in [-0.39, 0.29) is 5.69 Å². The molecule has 39 heavy (non-hydrogen) atoms. The van der Waals surface area contributed by atoms with Gasteiger partial charge < -0.3 is 10.1 Å². The molecule has 1 aliphatic rings. The monoisotopic (exact) mass is 524 g/mol. The molecule has 2 heterocycles. The van der Waals surface area contributed by atoms with Crippen molar-refractivity contribution < 1.29 is 19.2 Å². The van der Waals surface area contributed by atoms with E-state index in [1.807, 2.05) is 42.5 Å². The van der Waals surface area contributed by atoms with Gasteiger partial charge >= 0.3 is 5.97 Å². The van der Waals surface area contributed by atoms with Crippen molar-refractivity contribution in [1.29, 1.82) is 0 Å². The molecule has 0 saturated heterocycles. The van der Waals surface area contributed by atoms with Crippen molar-refractivity contribution in [3.8, 4) is 0 Å². The number of hydrogen-bond acceptors (Lipinski definition) is 7. The third-order valence-electron chi connectivity index (χ3n) is 6.92. The minimum absolute atomic E-state index is 0.143. The van der Waals surface area contributed by atoms with Crippen molar-refractivity contribution in [3.63, 3.8) is 0 Å². The molecule has 1 atom stereocenters. The summed E-state index contributed by atoms with van der Waals surface area (Å²) >= 11 is 0. The Morgan fingerprint density at radius 3 is 2.62 bits per heavy atom. The zero-order chi connectivity index (χ0) is 27.5. The third kappa shape index (κ3) is 5.63. The van der Waals surface area contributed by atoms with Crippen LogP contribution in [-0.4, -0.2) is 39.3 Å². The first-order valence-corrected chi connectivity index (χ1v) is 12.7. The fraction of sp³-hybridized carbons (Fsp3) is 0.233. The van der Waals surface area contributed by atoms with Crippen LogP contribution in [0.15, 0.2) is 72.8 Å². The molecule has 0 bridgehead atoms. The summed E-state index contributed by atoms with van der Waals surface area (Å²) in [6, 6.07) is 21.8. The normalized spacial score (nSPS) is 13.9. The summed E-state index contributed by atoms with van der Waals surface area (Å²) in [5.74, 6) is -1.19. The number of rotatable bonds is 7. The molecule has 0 aliphatic carbocycles. The van der Waals surface area contributed by atoms with Crippen molar-refractivity contribution in [2.75, 3.05) is 11.9 Å². The molecule has 1 aromatic heterocycles. The molecule has 0 spiro atoms. The van der Waals surface area contributed by atoms with Crippen LogP contribution in [0.2, 0.25) is 0 Å². The van der Waals surface area contributed by atoms with Gasteiger partial charge in [-0.25, -0.2) is 4.79 Å². The van der Waals surface area contributed by atoms with E-state index in [2.05, 4.69) is 22.3 Å². The lowest BCUT2D eigenvalue weighted by molar-refractivity contribution is -0.384. The number of hydrogen-bond donors (Lipinski definition) is 1. The van der Waals surface area contributed by atoms with Gasteiger partial charge in [-0.05, 0) is 31.0 Å². The number of carbonyl (C=O) groups excluding carboxylic acids is 2. The van der Waals surface area contributed by atoms with E-state index in [0.717, 1.165) is 24.3 Å². The van der Waals surface area contributed by atoms with Gasteiger partial charge in [0.25, 0.3) is 11.6 Å². The molecule has 0 fully saturated rings. The van der Waals surface area contributed by atoms with Gasteiger partial charge in [0.05, 0.1) is 21.7 Å². The molecular formula is C30H28N4O5. The van der Waals surface area contributed by atoms with Gasteiger partial charge in [-0.2, -0.15) is 0 Å². The van der Waals surface area contributed by atoms with Crippen molar-refractivity contribution >= 4 is 34.2 Å². The second kappa shape index (κ2) is 11.0. The number of para-hydroxylation sites is 1. The van der Waals surface area contributed by atoms with Crippen LogP contribution in [0.3, 0.4) is 0 Å². The SMILES string of the molecule is Cc1ccc([N+](=O)[O-])cc1NC(=O)C(C)OC(=O)c1c2c(nc3ccccc13)CCN(Cc1ccccc1)C2. The van der Waals surface area contributed by atoms with Crippen LogP contribution in [-0.2, 0) is 29.0 Å². The number of aryl methyl sites for hydroxylation is 1. The number of non-ortho nitro benzene ring substituents is 1. The lowest BCUT2D eigenvalue weighted by atomic mass is 9.95. The molecule has 1 N–H and O–H groups in total. The van der Waals surface area contributed by atoms with E-state index in [1.165, 1.54) is 24.6 Å². The highest BCUT2D eigenvalue weighted by atomic mass is 16.6. The van der Waals surface area contributed by atoms with Crippen LogP contribution in [0.1, 0.15) is 39.7 Å². The minimum Gasteiger partial charge on any atom is -0.449 e. The first kappa shape index (κ1) is 26.0. The van der Waals surface area contributed by atoms with Gasteiger partial charge in [0.1, 0.15) is 0 Å². The van der Waals surface area contributed by atoms with Crippen LogP contribution >= 0.6 is 0 Å². The number of nitrogens with one attached hydrogen (secondary N) is 1. The standard InChI is InChI=1S/C30H28N4O5/c1-19-12-13-22(34(37)38)16-27(19)32-29(35)20(2)39-30(36)28-23-10-6-7-11-25(23)31-26-14-15-33(18-24(26)28)17-21-8-4-3-5-9-21/h3-13,16,20H,14-15,17-18H2,1-2H3,(H,32,35). The summed E-state index contributed by atoms with van der Waals surface area (Å²) in [5, 5.41) is 14.5. The molecule has 4 aromatic rings. The van der Waals surface area contributed by atoms with Gasteiger partial charge in [-0.15, -0.1) is 0 Å². The fourth-order valence-electron chi connectivity index (χ4n) is 4.82. The first-order chi connectivity index (χ1) is 18.8. The molecule has 1 aliphatic heterocycles. The Kier molecular flexibility index (Phi) is 7.33. The van der Waals surface area contributed by atoms with Gasteiger partial charge in [-0.1, -0.05) is 54.6 Å². The highest BCUT2D eigenvalue weighted by molar-refractivity contribution is 6.06. The fourth-order valence-corrected chi connectivity index (χ4v) is 4.82. The van der Waals surface area contributed by atoms with E-state index in [1.54, 1.807) is 13.0 Å². The van der Waals surface area contributed by atoms with Crippen molar-refractivity contribution in [2.24, 2.45) is 0 Å². The van der Waals surface area contributed by atoms with Crippen LogP contribution in [0.4, 0.5) is 11.4 Å². The molecular weight excluding hydrogens is 496 g/mol. The number of nitro groups is 1. The number of amides is 1. The topological polar surface area (TPSA) is 115 Å². The number of carbonyl (C=O) groups is 2. The smallest absolute Gasteiger partial charge is 0.339 e.